The van der Waals surface area contributed by atoms with Gasteiger partial charge in [-0.1, -0.05) is 58.4 Å². The van der Waals surface area contributed by atoms with E-state index in [4.69, 9.17) is 4.74 Å². The van der Waals surface area contributed by atoms with Crippen LogP contribution in [0.25, 0.3) is 0 Å². The summed E-state index contributed by atoms with van der Waals surface area (Å²) in [6.07, 6.45) is -0.271. The summed E-state index contributed by atoms with van der Waals surface area (Å²) < 4.78 is 6.55. The minimum Gasteiger partial charge on any atom is -0.370 e. The Hall–Kier alpha value is -1.49. The van der Waals surface area contributed by atoms with E-state index in [1.54, 1.807) is 7.11 Å². The number of rotatable bonds is 6. The third-order valence-corrected chi connectivity index (χ3v) is 4.03. The number of carbonyl (C=O) groups is 1. The molecule has 0 aromatic heterocycles. The first kappa shape index (κ1) is 15.9. The zero-order valence-corrected chi connectivity index (χ0v) is 13.7. The molecule has 2 atom stereocenters. The molecular formula is C17H19BrNO2+. The Morgan fingerprint density at radius 2 is 1.71 bits per heavy atom. The Morgan fingerprint density at radius 3 is 2.24 bits per heavy atom. The first-order chi connectivity index (χ1) is 10.2. The predicted molar refractivity (Wildman–Crippen MR) is 86.3 cm³/mol. The van der Waals surface area contributed by atoms with Gasteiger partial charge in [0.05, 0.1) is 7.05 Å². The van der Waals surface area contributed by atoms with Crippen molar-refractivity contribution in [1.82, 2.24) is 0 Å². The van der Waals surface area contributed by atoms with Crippen LogP contribution in [0, 0.1) is 0 Å². The van der Waals surface area contributed by atoms with E-state index >= 15 is 0 Å². The van der Waals surface area contributed by atoms with E-state index in [1.807, 2.05) is 67.0 Å². The molecule has 0 saturated carbocycles. The van der Waals surface area contributed by atoms with Crippen molar-refractivity contribution in [1.29, 1.82) is 0 Å². The van der Waals surface area contributed by atoms with Gasteiger partial charge >= 0.3 is 0 Å². The van der Waals surface area contributed by atoms with Gasteiger partial charge in [0.1, 0.15) is 6.10 Å². The van der Waals surface area contributed by atoms with Crippen LogP contribution in [0.4, 0.5) is 0 Å². The number of nitrogens with two attached hydrogens (primary N) is 1. The second kappa shape index (κ2) is 7.50. The molecule has 2 N–H and O–H groups in total. The molecule has 2 aromatic carbocycles. The van der Waals surface area contributed by atoms with Gasteiger partial charge in [-0.2, -0.15) is 0 Å². The van der Waals surface area contributed by atoms with Gasteiger partial charge in [0.15, 0.2) is 6.04 Å². The standard InChI is InChI=1S/C17H18BrNO2/c1-19-15(16(20)12-8-10-14(18)11-9-12)17(21-2)13-6-4-3-5-7-13/h3-11,15,17,19H,1-2H3/p+1/t15-,17-/m0/s1. The number of hydrogen-bond donors (Lipinski definition) is 1. The Labute approximate surface area is 133 Å². The van der Waals surface area contributed by atoms with Gasteiger partial charge in [-0.15, -0.1) is 0 Å². The molecule has 0 aliphatic carbocycles. The summed E-state index contributed by atoms with van der Waals surface area (Å²) in [4.78, 5) is 12.7. The lowest BCUT2D eigenvalue weighted by Crippen LogP contribution is -2.89. The van der Waals surface area contributed by atoms with Gasteiger partial charge in [-0.05, 0) is 17.7 Å². The molecule has 0 fully saturated rings. The number of likely N-dealkylation sites (N-methyl/N-ethyl adjacent to an activating group) is 1. The van der Waals surface area contributed by atoms with Crippen LogP contribution in [0.1, 0.15) is 22.0 Å². The third-order valence-electron chi connectivity index (χ3n) is 3.50. The number of benzene rings is 2. The first-order valence-corrected chi connectivity index (χ1v) is 7.63. The highest BCUT2D eigenvalue weighted by Gasteiger charge is 2.32. The van der Waals surface area contributed by atoms with Crippen molar-refractivity contribution in [3.8, 4) is 0 Å². The quantitative estimate of drug-likeness (QED) is 0.815. The number of Topliss-reactive ketones (excluding diaryl/α,β-unsaturated/α-hetero) is 1. The number of quaternary nitrogens is 1. The summed E-state index contributed by atoms with van der Waals surface area (Å²) in [6.45, 7) is 0. The summed E-state index contributed by atoms with van der Waals surface area (Å²) in [6, 6.07) is 17.0. The summed E-state index contributed by atoms with van der Waals surface area (Å²) in [5, 5.41) is 1.91. The number of carbonyl (C=O) groups excluding carboxylic acids is 1. The summed E-state index contributed by atoms with van der Waals surface area (Å²) >= 11 is 3.38. The van der Waals surface area contributed by atoms with Gasteiger partial charge in [0.25, 0.3) is 0 Å². The highest BCUT2D eigenvalue weighted by Crippen LogP contribution is 2.21. The number of methoxy groups -OCH3 is 1. The van der Waals surface area contributed by atoms with Crippen molar-refractivity contribution in [2.75, 3.05) is 14.2 Å². The molecule has 4 heteroatoms. The van der Waals surface area contributed by atoms with E-state index in [9.17, 15) is 4.79 Å². The summed E-state index contributed by atoms with van der Waals surface area (Å²) in [5.41, 5.74) is 1.70. The van der Waals surface area contributed by atoms with Crippen LogP contribution in [0.3, 0.4) is 0 Å². The molecule has 0 saturated heterocycles. The fraction of sp³-hybridized carbons (Fsp3) is 0.235. The minimum atomic E-state index is -0.307. The van der Waals surface area contributed by atoms with Crippen LogP contribution in [0.5, 0.6) is 0 Å². The van der Waals surface area contributed by atoms with Crippen molar-refractivity contribution in [2.24, 2.45) is 0 Å². The van der Waals surface area contributed by atoms with Gasteiger partial charge in [0.2, 0.25) is 5.78 Å². The maximum absolute atomic E-state index is 12.7. The van der Waals surface area contributed by atoms with E-state index < -0.39 is 0 Å². The lowest BCUT2D eigenvalue weighted by atomic mass is 9.95. The Bertz CT molecular complexity index is 583. The summed E-state index contributed by atoms with van der Waals surface area (Å²) in [7, 11) is 3.54. The van der Waals surface area contributed by atoms with Crippen molar-refractivity contribution >= 4 is 21.7 Å². The van der Waals surface area contributed by atoms with Gasteiger partial charge in [0, 0.05) is 17.1 Å². The Kier molecular flexibility index (Phi) is 5.67. The van der Waals surface area contributed by atoms with Gasteiger partial charge < -0.3 is 10.1 Å². The molecule has 3 nitrogen and oxygen atoms in total. The monoisotopic (exact) mass is 348 g/mol. The van der Waals surface area contributed by atoms with Crippen LogP contribution in [-0.2, 0) is 4.74 Å². The summed E-state index contributed by atoms with van der Waals surface area (Å²) in [5.74, 6) is 0.0701. The van der Waals surface area contributed by atoms with Crippen LogP contribution in [0.2, 0.25) is 0 Å². The van der Waals surface area contributed by atoms with E-state index in [1.165, 1.54) is 0 Å². The fourth-order valence-corrected chi connectivity index (χ4v) is 2.67. The van der Waals surface area contributed by atoms with Crippen molar-refractivity contribution < 1.29 is 14.8 Å². The molecule has 0 bridgehead atoms. The molecule has 0 radical (unpaired) electrons. The molecule has 2 rings (SSSR count). The SMILES string of the molecule is C[NH2+][C@@H](C(=O)c1ccc(Br)cc1)[C@@H](OC)c1ccccc1. The zero-order valence-electron chi connectivity index (χ0n) is 12.1. The lowest BCUT2D eigenvalue weighted by Gasteiger charge is -2.22. The molecule has 110 valence electrons. The largest absolute Gasteiger partial charge is 0.370 e. The Balaban J connectivity index is 2.29. The maximum Gasteiger partial charge on any atom is 0.222 e. The normalized spacial score (nSPS) is 13.7. The molecule has 21 heavy (non-hydrogen) atoms. The second-order valence-electron chi connectivity index (χ2n) is 4.80. The average Bonchev–Trinajstić information content (AvgIpc) is 2.53. The van der Waals surface area contributed by atoms with Crippen molar-refractivity contribution in [3.63, 3.8) is 0 Å². The van der Waals surface area contributed by atoms with E-state index in [0.717, 1.165) is 10.0 Å². The second-order valence-corrected chi connectivity index (χ2v) is 5.71. The Morgan fingerprint density at radius 1 is 1.10 bits per heavy atom. The fourth-order valence-electron chi connectivity index (χ4n) is 2.40. The smallest absolute Gasteiger partial charge is 0.222 e. The molecular weight excluding hydrogens is 330 g/mol. The van der Waals surface area contributed by atoms with E-state index in [2.05, 4.69) is 15.9 Å². The number of ether oxygens (including phenoxy) is 1. The van der Waals surface area contributed by atoms with Crippen molar-refractivity contribution in [3.05, 3.63) is 70.2 Å². The molecule has 0 heterocycles. The van der Waals surface area contributed by atoms with Crippen LogP contribution < -0.4 is 5.32 Å². The minimum absolute atomic E-state index is 0.0701. The van der Waals surface area contributed by atoms with Crippen LogP contribution >= 0.6 is 15.9 Å². The highest BCUT2D eigenvalue weighted by atomic mass is 79.9. The molecule has 0 aliphatic rings. The van der Waals surface area contributed by atoms with Crippen LogP contribution in [0.15, 0.2) is 59.1 Å². The molecule has 2 aromatic rings. The predicted octanol–water partition coefficient (Wildman–Crippen LogP) is 2.58. The number of halogens is 1. The van der Waals surface area contributed by atoms with Crippen LogP contribution in [-0.4, -0.2) is 26.0 Å². The first-order valence-electron chi connectivity index (χ1n) is 6.84. The lowest BCUT2D eigenvalue weighted by molar-refractivity contribution is -0.657. The van der Waals surface area contributed by atoms with Crippen molar-refractivity contribution in [2.45, 2.75) is 12.1 Å². The third kappa shape index (κ3) is 3.79. The highest BCUT2D eigenvalue weighted by molar-refractivity contribution is 9.10. The van der Waals surface area contributed by atoms with Gasteiger partial charge in [-0.25, -0.2) is 0 Å². The maximum atomic E-state index is 12.7. The average molecular weight is 349 g/mol. The van der Waals surface area contributed by atoms with E-state index in [-0.39, 0.29) is 17.9 Å². The molecule has 0 aliphatic heterocycles. The van der Waals surface area contributed by atoms with E-state index in [0.29, 0.717) is 5.56 Å². The molecule has 0 unspecified atom stereocenters. The topological polar surface area (TPSA) is 42.9 Å². The molecule has 0 amide bonds. The zero-order chi connectivity index (χ0) is 15.2. The molecule has 0 spiro atoms. The number of hydrogen-bond acceptors (Lipinski definition) is 2. The number of ketones is 1. The van der Waals surface area contributed by atoms with Gasteiger partial charge in [-0.3, -0.25) is 4.79 Å².